The van der Waals surface area contributed by atoms with Crippen LogP contribution < -0.4 is 4.90 Å². The predicted octanol–water partition coefficient (Wildman–Crippen LogP) is 2.63. The van der Waals surface area contributed by atoms with Gasteiger partial charge in [0.1, 0.15) is 0 Å². The highest BCUT2D eigenvalue weighted by Crippen LogP contribution is 2.41. The van der Waals surface area contributed by atoms with Crippen LogP contribution in [0.3, 0.4) is 0 Å². The van der Waals surface area contributed by atoms with Gasteiger partial charge >= 0.3 is 0 Å². The zero-order valence-electron chi connectivity index (χ0n) is 11.1. The average Bonchev–Trinajstić information content (AvgIpc) is 2.70. The Bertz CT molecular complexity index is 551. The second kappa shape index (κ2) is 4.85. The number of carbonyl (C=O) groups excluding carboxylic acids is 2. The molecule has 1 aromatic carbocycles. The topological polar surface area (TPSA) is 61.2 Å². The first-order valence-electron chi connectivity index (χ1n) is 6.45. The van der Waals surface area contributed by atoms with E-state index >= 15 is 0 Å². The van der Waals surface area contributed by atoms with Gasteiger partial charge in [0.25, 0.3) is 0 Å². The van der Waals surface area contributed by atoms with Crippen molar-refractivity contribution in [3.05, 3.63) is 29.8 Å². The van der Waals surface area contributed by atoms with E-state index in [0.717, 1.165) is 0 Å². The fourth-order valence-electron chi connectivity index (χ4n) is 2.54. The molecular weight excluding hydrogens is 240 g/mol. The van der Waals surface area contributed by atoms with Crippen molar-refractivity contribution < 1.29 is 9.59 Å². The van der Waals surface area contributed by atoms with E-state index < -0.39 is 5.41 Å². The summed E-state index contributed by atoms with van der Waals surface area (Å²) in [7, 11) is 0. The molecule has 0 N–H and O–H groups in total. The van der Waals surface area contributed by atoms with Crippen molar-refractivity contribution in [2.24, 2.45) is 5.41 Å². The minimum atomic E-state index is -0.551. The number of rotatable bonds is 3. The van der Waals surface area contributed by atoms with Crippen molar-refractivity contribution in [3.8, 4) is 6.07 Å². The highest BCUT2D eigenvalue weighted by atomic mass is 16.2. The molecule has 1 saturated heterocycles. The van der Waals surface area contributed by atoms with Gasteiger partial charge in [0.2, 0.25) is 11.8 Å². The van der Waals surface area contributed by atoms with Crippen molar-refractivity contribution in [3.63, 3.8) is 0 Å². The molecule has 1 fully saturated rings. The maximum Gasteiger partial charge on any atom is 0.240 e. The summed E-state index contributed by atoms with van der Waals surface area (Å²) in [5.41, 5.74) is 0.517. The minimum absolute atomic E-state index is 0.118. The summed E-state index contributed by atoms with van der Waals surface area (Å²) in [6, 6.07) is 8.55. The van der Waals surface area contributed by atoms with E-state index in [1.807, 2.05) is 19.9 Å². The fraction of sp³-hybridized carbons (Fsp3) is 0.400. The van der Waals surface area contributed by atoms with Crippen LogP contribution in [0, 0.1) is 16.7 Å². The highest BCUT2D eigenvalue weighted by molar-refractivity contribution is 6.22. The molecule has 4 heteroatoms. The predicted molar refractivity (Wildman–Crippen MR) is 71.3 cm³/mol. The number of hydrogen-bond acceptors (Lipinski definition) is 3. The SMILES string of the molecule is CCC1(CC)CC(=O)N(c2ccc(C#N)cc2)C1=O. The van der Waals surface area contributed by atoms with E-state index in [9.17, 15) is 9.59 Å². The molecule has 0 aromatic heterocycles. The molecule has 0 aliphatic carbocycles. The Morgan fingerprint density at radius 1 is 1.21 bits per heavy atom. The van der Waals surface area contributed by atoms with E-state index in [1.165, 1.54) is 4.90 Å². The first kappa shape index (κ1) is 13.3. The van der Waals surface area contributed by atoms with Crippen LogP contribution in [0.25, 0.3) is 0 Å². The molecule has 2 amide bonds. The van der Waals surface area contributed by atoms with Crippen LogP contribution >= 0.6 is 0 Å². The average molecular weight is 256 g/mol. The number of benzene rings is 1. The summed E-state index contributed by atoms with van der Waals surface area (Å²) in [5, 5.41) is 8.76. The summed E-state index contributed by atoms with van der Waals surface area (Å²) in [6.07, 6.45) is 1.61. The second-order valence-electron chi connectivity index (χ2n) is 4.86. The van der Waals surface area contributed by atoms with Crippen LogP contribution in [0.15, 0.2) is 24.3 Å². The summed E-state index contributed by atoms with van der Waals surface area (Å²) in [4.78, 5) is 25.9. The largest absolute Gasteiger partial charge is 0.274 e. The molecule has 98 valence electrons. The third kappa shape index (κ3) is 2.01. The van der Waals surface area contributed by atoms with Crippen LogP contribution in [0.4, 0.5) is 5.69 Å². The van der Waals surface area contributed by atoms with Crippen molar-refractivity contribution in [1.29, 1.82) is 5.26 Å². The molecule has 1 aliphatic rings. The Kier molecular flexibility index (Phi) is 3.39. The van der Waals surface area contributed by atoms with Gasteiger partial charge < -0.3 is 0 Å². The van der Waals surface area contributed by atoms with E-state index in [1.54, 1.807) is 24.3 Å². The molecule has 19 heavy (non-hydrogen) atoms. The fourth-order valence-corrected chi connectivity index (χ4v) is 2.54. The zero-order chi connectivity index (χ0) is 14.0. The third-order valence-corrected chi connectivity index (χ3v) is 4.00. The zero-order valence-corrected chi connectivity index (χ0v) is 11.1. The molecule has 0 spiro atoms. The number of anilines is 1. The van der Waals surface area contributed by atoms with Crippen LogP contribution in [0.5, 0.6) is 0 Å². The van der Waals surface area contributed by atoms with E-state index in [4.69, 9.17) is 5.26 Å². The van der Waals surface area contributed by atoms with Gasteiger partial charge in [-0.2, -0.15) is 5.26 Å². The number of amides is 2. The van der Waals surface area contributed by atoms with Gasteiger partial charge in [-0.15, -0.1) is 0 Å². The summed E-state index contributed by atoms with van der Waals surface area (Å²) in [5.74, 6) is -0.273. The molecule has 0 radical (unpaired) electrons. The van der Waals surface area contributed by atoms with Crippen molar-refractivity contribution >= 4 is 17.5 Å². The first-order valence-corrected chi connectivity index (χ1v) is 6.45. The van der Waals surface area contributed by atoms with Crippen LogP contribution in [-0.4, -0.2) is 11.8 Å². The Labute approximate surface area is 112 Å². The van der Waals surface area contributed by atoms with Crippen molar-refractivity contribution in [2.75, 3.05) is 4.90 Å². The minimum Gasteiger partial charge on any atom is -0.274 e. The molecule has 1 aromatic rings. The number of nitrogens with zero attached hydrogens (tertiary/aromatic N) is 2. The third-order valence-electron chi connectivity index (χ3n) is 4.00. The molecule has 2 rings (SSSR count). The molecular formula is C15H16N2O2. The van der Waals surface area contributed by atoms with E-state index in [-0.39, 0.29) is 18.2 Å². The standard InChI is InChI=1S/C15H16N2O2/c1-3-15(4-2)9-13(18)17(14(15)19)12-7-5-11(10-16)6-8-12/h5-8H,3-4,9H2,1-2H3. The van der Waals surface area contributed by atoms with Gasteiger partial charge in [-0.3, -0.25) is 14.5 Å². The second-order valence-corrected chi connectivity index (χ2v) is 4.86. The first-order chi connectivity index (χ1) is 9.07. The Balaban J connectivity index is 2.37. The molecule has 0 atom stereocenters. The number of nitriles is 1. The van der Waals surface area contributed by atoms with E-state index in [2.05, 4.69) is 0 Å². The summed E-state index contributed by atoms with van der Waals surface area (Å²) < 4.78 is 0. The van der Waals surface area contributed by atoms with Crippen LogP contribution in [-0.2, 0) is 9.59 Å². The Morgan fingerprint density at radius 2 is 1.79 bits per heavy atom. The van der Waals surface area contributed by atoms with Crippen molar-refractivity contribution in [2.45, 2.75) is 33.1 Å². The quantitative estimate of drug-likeness (QED) is 0.781. The highest BCUT2D eigenvalue weighted by Gasteiger charge is 2.49. The smallest absolute Gasteiger partial charge is 0.240 e. The van der Waals surface area contributed by atoms with Crippen molar-refractivity contribution in [1.82, 2.24) is 0 Å². The van der Waals surface area contributed by atoms with Gasteiger partial charge in [0, 0.05) is 6.42 Å². The lowest BCUT2D eigenvalue weighted by Crippen LogP contribution is -2.35. The monoisotopic (exact) mass is 256 g/mol. The maximum atomic E-state index is 12.5. The van der Waals surface area contributed by atoms with Gasteiger partial charge in [0.05, 0.1) is 22.7 Å². The summed E-state index contributed by atoms with van der Waals surface area (Å²) >= 11 is 0. The van der Waals surface area contributed by atoms with Crippen LogP contribution in [0.1, 0.15) is 38.7 Å². The van der Waals surface area contributed by atoms with Gasteiger partial charge in [-0.05, 0) is 37.1 Å². The Morgan fingerprint density at radius 3 is 2.21 bits per heavy atom. The number of carbonyl (C=O) groups is 2. The Hall–Kier alpha value is -2.15. The van der Waals surface area contributed by atoms with Gasteiger partial charge in [-0.25, -0.2) is 0 Å². The molecule has 4 nitrogen and oxygen atoms in total. The lowest BCUT2D eigenvalue weighted by Gasteiger charge is -2.23. The maximum absolute atomic E-state index is 12.5. The normalized spacial score (nSPS) is 17.6. The van der Waals surface area contributed by atoms with Crippen LogP contribution in [0.2, 0.25) is 0 Å². The molecule has 0 unspecified atom stereocenters. The lowest BCUT2D eigenvalue weighted by molar-refractivity contribution is -0.126. The summed E-state index contributed by atoms with van der Waals surface area (Å²) in [6.45, 7) is 3.88. The van der Waals surface area contributed by atoms with Gasteiger partial charge in [0.15, 0.2) is 0 Å². The molecule has 0 saturated carbocycles. The number of imide groups is 1. The molecule has 1 aliphatic heterocycles. The molecule has 0 bridgehead atoms. The van der Waals surface area contributed by atoms with E-state index in [0.29, 0.717) is 24.1 Å². The van der Waals surface area contributed by atoms with Gasteiger partial charge in [-0.1, -0.05) is 13.8 Å². The molecule has 1 heterocycles. The lowest BCUT2D eigenvalue weighted by atomic mass is 9.81. The number of hydrogen-bond donors (Lipinski definition) is 0.